The quantitative estimate of drug-likeness (QED) is 0.559. The van der Waals surface area contributed by atoms with Crippen LogP contribution in [0.15, 0.2) is 35.6 Å². The average Bonchev–Trinajstić information content (AvgIpc) is 2.94. The molecule has 1 aromatic carbocycles. The maximum atomic E-state index is 11.7. The molecule has 0 atom stereocenters. The van der Waals surface area contributed by atoms with Crippen molar-refractivity contribution in [2.24, 2.45) is 0 Å². The molecule has 0 fully saturated rings. The average molecular weight is 238 g/mol. The van der Waals surface area contributed by atoms with E-state index in [2.05, 4.69) is 15.0 Å². The molecule has 0 saturated heterocycles. The summed E-state index contributed by atoms with van der Waals surface area (Å²) in [5.74, 6) is 0. The zero-order chi connectivity index (χ0) is 11.5. The molecule has 3 aromatic rings. The summed E-state index contributed by atoms with van der Waals surface area (Å²) in [7, 11) is 0. The first-order valence-electron chi connectivity index (χ1n) is 4.31. The van der Waals surface area contributed by atoms with E-state index in [4.69, 9.17) is 11.6 Å². The van der Waals surface area contributed by atoms with Crippen LogP contribution in [-0.4, -0.2) is 15.0 Å². The molecular formula is C10H5ClFN3O. The van der Waals surface area contributed by atoms with Crippen molar-refractivity contribution in [2.45, 2.75) is 0 Å². The maximum Gasteiger partial charge on any atom is 0.308 e. The summed E-state index contributed by atoms with van der Waals surface area (Å²) in [6.07, 6.45) is 5.03. The van der Waals surface area contributed by atoms with Crippen molar-refractivity contribution >= 4 is 22.4 Å². The Kier molecular flexibility index (Phi) is 2.87. The molecule has 6 heteroatoms. The van der Waals surface area contributed by atoms with Gasteiger partial charge < -0.3 is 0 Å². The van der Waals surface area contributed by atoms with E-state index >= 15 is 0 Å². The van der Waals surface area contributed by atoms with Gasteiger partial charge in [-0.05, 0) is 6.07 Å². The topological polar surface area (TPSA) is 55.7 Å². The van der Waals surface area contributed by atoms with Crippen LogP contribution in [0.2, 0.25) is 5.02 Å². The van der Waals surface area contributed by atoms with E-state index in [1.807, 2.05) is 0 Å². The maximum absolute atomic E-state index is 11.7. The Morgan fingerprint density at radius 2 is 1.88 bits per heavy atom. The van der Waals surface area contributed by atoms with Gasteiger partial charge in [0.15, 0.2) is 5.43 Å². The lowest BCUT2D eigenvalue weighted by Crippen LogP contribution is -1.81. The van der Waals surface area contributed by atoms with Crippen molar-refractivity contribution < 1.29 is 4.39 Å². The van der Waals surface area contributed by atoms with Gasteiger partial charge in [-0.1, -0.05) is 11.6 Å². The van der Waals surface area contributed by atoms with Crippen LogP contribution in [-0.2, 0) is 0 Å². The molecule has 0 saturated carbocycles. The highest BCUT2D eigenvalue weighted by Gasteiger charge is 2.14. The van der Waals surface area contributed by atoms with Crippen LogP contribution in [0.4, 0.5) is 4.39 Å². The molecule has 0 bridgehead atoms. The van der Waals surface area contributed by atoms with Crippen molar-refractivity contribution in [1.29, 1.82) is 0 Å². The van der Waals surface area contributed by atoms with Gasteiger partial charge in [0.2, 0.25) is 0 Å². The Morgan fingerprint density at radius 1 is 1.19 bits per heavy atom. The molecule has 0 aliphatic rings. The first kappa shape index (κ1) is 10.6. The minimum Gasteiger partial charge on any atom is -0.288 e. The number of rotatable bonds is 0. The Balaban J connectivity index is 0.000000125. The monoisotopic (exact) mass is 237 g/mol. The molecular weight excluding hydrogens is 233 g/mol. The van der Waals surface area contributed by atoms with E-state index < -0.39 is 6.08 Å². The number of hydrogen-bond acceptors (Lipinski definition) is 4. The minimum atomic E-state index is -0.678. The molecule has 2 heterocycles. The predicted octanol–water partition coefficient (Wildman–Crippen LogP) is 1.74. The summed E-state index contributed by atoms with van der Waals surface area (Å²) < 4.78 is 11.7. The Morgan fingerprint density at radius 3 is 2.31 bits per heavy atom. The fourth-order valence-electron chi connectivity index (χ4n) is 1.07. The highest BCUT2D eigenvalue weighted by molar-refractivity contribution is 6.37. The Hall–Kier alpha value is -1.88. The Labute approximate surface area is 94.4 Å². The number of nitrogens with zero attached hydrogens (tertiary/aromatic N) is 3. The van der Waals surface area contributed by atoms with Crippen LogP contribution in [0.5, 0.6) is 0 Å². The molecule has 3 rings (SSSR count). The fraction of sp³-hybridized carbons (Fsp3) is 0. The molecule has 0 aliphatic carbocycles. The molecule has 0 unspecified atom stereocenters. The lowest BCUT2D eigenvalue weighted by atomic mass is 10.5. The molecule has 4 nitrogen and oxygen atoms in total. The zero-order valence-corrected chi connectivity index (χ0v) is 8.65. The third-order valence-electron chi connectivity index (χ3n) is 1.84. The smallest absolute Gasteiger partial charge is 0.288 e. The summed E-state index contributed by atoms with van der Waals surface area (Å²) in [6, 6.07) is 1.56. The van der Waals surface area contributed by atoms with Gasteiger partial charge in [-0.15, -0.1) is 0 Å². The van der Waals surface area contributed by atoms with E-state index in [-0.39, 0.29) is 5.43 Å². The van der Waals surface area contributed by atoms with Crippen molar-refractivity contribution in [3.8, 4) is 0 Å². The van der Waals surface area contributed by atoms with E-state index in [9.17, 15) is 9.18 Å². The van der Waals surface area contributed by atoms with Gasteiger partial charge in [0, 0.05) is 24.8 Å². The SMILES string of the molecule is Fc1ncccn1.O=c1c2cncc(Cl)c12. The molecule has 80 valence electrons. The number of fused-ring (bicyclic) bond motifs is 1. The molecule has 0 spiro atoms. The van der Waals surface area contributed by atoms with Crippen molar-refractivity contribution in [3.63, 3.8) is 0 Å². The van der Waals surface area contributed by atoms with E-state index in [0.717, 1.165) is 0 Å². The first-order valence-corrected chi connectivity index (χ1v) is 4.68. The van der Waals surface area contributed by atoms with E-state index in [1.54, 1.807) is 6.07 Å². The number of halogens is 2. The van der Waals surface area contributed by atoms with E-state index in [0.29, 0.717) is 15.8 Å². The second-order valence-electron chi connectivity index (χ2n) is 2.89. The first-order chi connectivity index (χ1) is 7.70. The molecule has 0 amide bonds. The zero-order valence-electron chi connectivity index (χ0n) is 7.89. The number of aromatic nitrogens is 3. The molecule has 2 aromatic heterocycles. The van der Waals surface area contributed by atoms with E-state index in [1.165, 1.54) is 24.8 Å². The van der Waals surface area contributed by atoms with Gasteiger partial charge in [-0.2, -0.15) is 4.39 Å². The molecule has 0 aliphatic heterocycles. The van der Waals surface area contributed by atoms with Crippen molar-refractivity contribution in [3.05, 3.63) is 52.2 Å². The van der Waals surface area contributed by atoms with Gasteiger partial charge in [0.1, 0.15) is 0 Å². The third kappa shape index (κ3) is 2.20. The fourth-order valence-corrected chi connectivity index (χ4v) is 1.31. The number of hydrogen-bond donors (Lipinski definition) is 0. The normalized spacial score (nSPS) is 10.1. The van der Waals surface area contributed by atoms with Crippen LogP contribution in [0.3, 0.4) is 0 Å². The van der Waals surface area contributed by atoms with Gasteiger partial charge in [-0.3, -0.25) is 9.78 Å². The second-order valence-corrected chi connectivity index (χ2v) is 3.30. The van der Waals surface area contributed by atoms with Crippen LogP contribution in [0.1, 0.15) is 0 Å². The van der Waals surface area contributed by atoms with Gasteiger partial charge >= 0.3 is 6.08 Å². The third-order valence-corrected chi connectivity index (χ3v) is 2.13. The molecule has 0 radical (unpaired) electrons. The minimum absolute atomic E-state index is 0.0394. The predicted molar refractivity (Wildman–Crippen MR) is 57.4 cm³/mol. The van der Waals surface area contributed by atoms with Crippen LogP contribution in [0, 0.1) is 6.08 Å². The lowest BCUT2D eigenvalue weighted by molar-refractivity contribution is 0.538. The highest BCUT2D eigenvalue weighted by Crippen LogP contribution is 2.21. The van der Waals surface area contributed by atoms with Crippen LogP contribution >= 0.6 is 11.6 Å². The highest BCUT2D eigenvalue weighted by atomic mass is 35.5. The summed E-state index contributed by atoms with van der Waals surface area (Å²) in [4.78, 5) is 20.8. The summed E-state index contributed by atoms with van der Waals surface area (Å²) in [5.41, 5.74) is 0.0394. The van der Waals surface area contributed by atoms with Gasteiger partial charge in [0.05, 0.1) is 15.8 Å². The standard InChI is InChI=1S/C6H2ClNO.C4H3FN2/c7-4-2-8-1-3-5(4)6(3)9;5-4-6-2-1-3-7-4/h1-2H;1-3H. The lowest BCUT2D eigenvalue weighted by Gasteiger charge is -1.77. The number of pyridine rings is 1. The molecule has 16 heavy (non-hydrogen) atoms. The summed E-state index contributed by atoms with van der Waals surface area (Å²) in [6.45, 7) is 0. The summed E-state index contributed by atoms with van der Waals surface area (Å²) in [5, 5.41) is 1.78. The Bertz CT molecular complexity index is 619. The molecule has 0 N–H and O–H groups in total. The van der Waals surface area contributed by atoms with Crippen LogP contribution < -0.4 is 5.43 Å². The van der Waals surface area contributed by atoms with Gasteiger partial charge in [-0.25, -0.2) is 9.97 Å². The van der Waals surface area contributed by atoms with Crippen molar-refractivity contribution in [1.82, 2.24) is 15.0 Å². The van der Waals surface area contributed by atoms with Crippen molar-refractivity contribution in [2.75, 3.05) is 0 Å². The summed E-state index contributed by atoms with van der Waals surface area (Å²) >= 11 is 5.57. The second kappa shape index (κ2) is 4.32. The largest absolute Gasteiger partial charge is 0.308 e. The van der Waals surface area contributed by atoms with Gasteiger partial charge in [0.25, 0.3) is 0 Å². The van der Waals surface area contributed by atoms with Crippen LogP contribution in [0.25, 0.3) is 10.8 Å².